The van der Waals surface area contributed by atoms with Crippen molar-refractivity contribution in [2.75, 3.05) is 6.61 Å². The van der Waals surface area contributed by atoms with Crippen LogP contribution in [0.3, 0.4) is 0 Å². The van der Waals surface area contributed by atoms with Crippen molar-refractivity contribution in [3.8, 4) is 11.8 Å². The van der Waals surface area contributed by atoms with Crippen LogP contribution in [0.25, 0.3) is 0 Å². The first-order chi connectivity index (χ1) is 9.69. The fourth-order valence-electron chi connectivity index (χ4n) is 1.46. The fraction of sp³-hybridized carbons (Fsp3) is 0.231. The highest BCUT2D eigenvalue weighted by molar-refractivity contribution is 7.12. The number of hydrogen-bond acceptors (Lipinski definition) is 4. The van der Waals surface area contributed by atoms with Crippen LogP contribution in [0, 0.1) is 11.8 Å². The van der Waals surface area contributed by atoms with Crippen LogP contribution in [0.5, 0.6) is 0 Å². The van der Waals surface area contributed by atoms with Gasteiger partial charge in [-0.2, -0.15) is 0 Å². The summed E-state index contributed by atoms with van der Waals surface area (Å²) in [7, 11) is 0. The molecule has 2 aromatic rings. The summed E-state index contributed by atoms with van der Waals surface area (Å²) >= 11 is 1.48. The highest BCUT2D eigenvalue weighted by atomic mass is 32.1. The quantitative estimate of drug-likeness (QED) is 0.615. The maximum atomic E-state index is 11.7. The molecule has 2 aromatic heterocycles. The van der Waals surface area contributed by atoms with Gasteiger partial charge in [-0.05, 0) is 12.1 Å². The van der Waals surface area contributed by atoms with Gasteiger partial charge >= 0.3 is 5.69 Å². The molecule has 0 saturated carbocycles. The first-order valence-corrected chi connectivity index (χ1v) is 6.75. The van der Waals surface area contributed by atoms with Gasteiger partial charge in [0.2, 0.25) is 0 Å². The van der Waals surface area contributed by atoms with Crippen molar-refractivity contribution in [3.05, 3.63) is 44.3 Å². The Kier molecular flexibility index (Phi) is 4.76. The van der Waals surface area contributed by atoms with Gasteiger partial charge in [-0.1, -0.05) is 11.8 Å². The molecule has 0 aliphatic heterocycles. The van der Waals surface area contributed by atoms with Crippen LogP contribution in [0.2, 0.25) is 0 Å². The molecule has 0 atom stereocenters. The monoisotopic (exact) mass is 291 g/mol. The average Bonchev–Trinajstić information content (AvgIpc) is 3.05. The van der Waals surface area contributed by atoms with E-state index < -0.39 is 5.69 Å². The summed E-state index contributed by atoms with van der Waals surface area (Å²) in [6.45, 7) is 0.425. The van der Waals surface area contributed by atoms with E-state index in [1.165, 1.54) is 17.5 Å². The maximum Gasteiger partial charge on any atom is 0.323 e. The Balaban J connectivity index is 1.90. The number of nitrogens with one attached hydrogen (secondary N) is 3. The van der Waals surface area contributed by atoms with Gasteiger partial charge in [0, 0.05) is 17.5 Å². The van der Waals surface area contributed by atoms with Crippen molar-refractivity contribution in [2.45, 2.75) is 13.0 Å². The molecule has 2 rings (SSSR count). The van der Waals surface area contributed by atoms with Gasteiger partial charge < -0.3 is 20.4 Å². The second-order valence-electron chi connectivity index (χ2n) is 3.88. The summed E-state index contributed by atoms with van der Waals surface area (Å²) in [6.07, 6.45) is 1.78. The van der Waals surface area contributed by atoms with Crippen molar-refractivity contribution < 1.29 is 9.90 Å². The number of aliphatic hydroxyl groups is 1. The predicted octanol–water partition coefficient (Wildman–Crippen LogP) is 0.428. The van der Waals surface area contributed by atoms with Crippen LogP contribution in [0.4, 0.5) is 0 Å². The van der Waals surface area contributed by atoms with Gasteiger partial charge in [0.1, 0.15) is 5.69 Å². The number of hydrogen-bond donors (Lipinski definition) is 4. The summed E-state index contributed by atoms with van der Waals surface area (Å²) in [5.41, 5.74) is -0.206. The molecule has 0 fully saturated rings. The van der Waals surface area contributed by atoms with E-state index in [1.807, 2.05) is 12.1 Å². The minimum Gasteiger partial charge on any atom is -0.395 e. The minimum atomic E-state index is -0.410. The summed E-state index contributed by atoms with van der Waals surface area (Å²) < 4.78 is 0. The molecule has 20 heavy (non-hydrogen) atoms. The minimum absolute atomic E-state index is 0.0517. The van der Waals surface area contributed by atoms with Crippen LogP contribution in [0.15, 0.2) is 23.1 Å². The molecule has 4 N–H and O–H groups in total. The molecule has 2 heterocycles. The third-order valence-corrected chi connectivity index (χ3v) is 3.37. The topological polar surface area (TPSA) is 98.0 Å². The number of rotatable bonds is 4. The van der Waals surface area contributed by atoms with Crippen LogP contribution >= 0.6 is 11.3 Å². The van der Waals surface area contributed by atoms with E-state index in [1.54, 1.807) is 0 Å². The van der Waals surface area contributed by atoms with E-state index in [0.717, 1.165) is 9.75 Å². The highest BCUT2D eigenvalue weighted by Gasteiger charge is 2.07. The van der Waals surface area contributed by atoms with Crippen molar-refractivity contribution in [1.82, 2.24) is 15.3 Å². The second-order valence-corrected chi connectivity index (χ2v) is 5.05. The molecule has 7 heteroatoms. The second kappa shape index (κ2) is 6.75. The normalized spacial score (nSPS) is 9.85. The molecule has 104 valence electrons. The molecule has 0 spiro atoms. The predicted molar refractivity (Wildman–Crippen MR) is 75.5 cm³/mol. The number of thiophene rings is 1. The number of imidazole rings is 1. The van der Waals surface area contributed by atoms with E-state index in [0.29, 0.717) is 13.0 Å². The third-order valence-electron chi connectivity index (χ3n) is 2.37. The number of amides is 1. The Labute approximate surface area is 118 Å². The average molecular weight is 291 g/mol. The van der Waals surface area contributed by atoms with Crippen LogP contribution in [0.1, 0.15) is 26.7 Å². The largest absolute Gasteiger partial charge is 0.395 e. The molecular formula is C13H13N3O3S. The van der Waals surface area contributed by atoms with Gasteiger partial charge in [-0.25, -0.2) is 4.79 Å². The molecular weight excluding hydrogens is 278 g/mol. The van der Waals surface area contributed by atoms with E-state index in [4.69, 9.17) is 5.11 Å². The first-order valence-electron chi connectivity index (χ1n) is 5.93. The van der Waals surface area contributed by atoms with Crippen LogP contribution in [-0.4, -0.2) is 27.6 Å². The zero-order valence-electron chi connectivity index (χ0n) is 10.5. The van der Waals surface area contributed by atoms with Crippen LogP contribution in [-0.2, 0) is 6.54 Å². The molecule has 0 aliphatic carbocycles. The zero-order chi connectivity index (χ0) is 14.4. The summed E-state index contributed by atoms with van der Waals surface area (Å²) in [6, 6.07) is 3.75. The Morgan fingerprint density at radius 3 is 3.00 bits per heavy atom. The van der Waals surface area contributed by atoms with E-state index >= 15 is 0 Å². The molecule has 0 aliphatic rings. The van der Waals surface area contributed by atoms with Crippen molar-refractivity contribution in [2.24, 2.45) is 0 Å². The lowest BCUT2D eigenvalue weighted by atomic mass is 10.4. The Morgan fingerprint density at radius 2 is 2.30 bits per heavy atom. The lowest BCUT2D eigenvalue weighted by Gasteiger charge is -2.00. The standard InChI is InChI=1S/C13H13N3O3S/c17-6-2-1-3-9-4-5-10(20-9)7-14-12(18)11-8-15-13(19)16-11/h4-5,8,17H,2,6-7H2,(H,14,18)(H2,15,16,19). The van der Waals surface area contributed by atoms with Gasteiger partial charge in [0.05, 0.1) is 18.0 Å². The van der Waals surface area contributed by atoms with Gasteiger partial charge in [-0.15, -0.1) is 11.3 Å². The number of carbonyl (C=O) groups is 1. The summed E-state index contributed by atoms with van der Waals surface area (Å²) in [5.74, 6) is 5.43. The molecule has 0 aromatic carbocycles. The lowest BCUT2D eigenvalue weighted by molar-refractivity contribution is 0.0946. The summed E-state index contributed by atoms with van der Waals surface area (Å²) in [4.78, 5) is 29.2. The molecule has 0 saturated heterocycles. The van der Waals surface area contributed by atoms with Crippen LogP contribution < -0.4 is 11.0 Å². The van der Waals surface area contributed by atoms with Gasteiger partial charge in [0.15, 0.2) is 0 Å². The maximum absolute atomic E-state index is 11.7. The van der Waals surface area contributed by atoms with E-state index in [2.05, 4.69) is 27.1 Å². The third kappa shape index (κ3) is 3.85. The molecule has 0 unspecified atom stereocenters. The molecule has 0 radical (unpaired) electrons. The smallest absolute Gasteiger partial charge is 0.323 e. The number of aliphatic hydroxyl groups excluding tert-OH is 1. The van der Waals surface area contributed by atoms with E-state index in [-0.39, 0.29) is 18.2 Å². The zero-order valence-corrected chi connectivity index (χ0v) is 11.3. The van der Waals surface area contributed by atoms with Gasteiger partial charge in [0.25, 0.3) is 5.91 Å². The fourth-order valence-corrected chi connectivity index (χ4v) is 2.28. The number of H-pyrrole nitrogens is 2. The highest BCUT2D eigenvalue weighted by Crippen LogP contribution is 2.15. The molecule has 6 nitrogen and oxygen atoms in total. The van der Waals surface area contributed by atoms with Crippen molar-refractivity contribution in [3.63, 3.8) is 0 Å². The van der Waals surface area contributed by atoms with Gasteiger partial charge in [-0.3, -0.25) is 4.79 Å². The number of carbonyl (C=O) groups excluding carboxylic acids is 1. The summed E-state index contributed by atoms with van der Waals surface area (Å²) in [5, 5.41) is 11.3. The Hall–Kier alpha value is -2.30. The SMILES string of the molecule is O=C(NCc1ccc(C#CCCO)s1)c1c[nH]c(=O)[nH]1. The number of aromatic nitrogens is 2. The van der Waals surface area contributed by atoms with Crippen molar-refractivity contribution in [1.29, 1.82) is 0 Å². The lowest BCUT2D eigenvalue weighted by Crippen LogP contribution is -2.23. The van der Waals surface area contributed by atoms with Crippen molar-refractivity contribution >= 4 is 17.2 Å². The molecule has 0 bridgehead atoms. The van der Waals surface area contributed by atoms with E-state index in [9.17, 15) is 9.59 Å². The first kappa shape index (κ1) is 14.1. The Morgan fingerprint density at radius 1 is 1.45 bits per heavy atom. The molecule has 1 amide bonds. The number of aromatic amines is 2. The Bertz CT molecular complexity index is 702.